The number of alkyl halides is 3. The van der Waals surface area contributed by atoms with Crippen LogP contribution in [0.25, 0.3) is 0 Å². The van der Waals surface area contributed by atoms with Gasteiger partial charge in [0.05, 0.1) is 0 Å². The highest BCUT2D eigenvalue weighted by molar-refractivity contribution is 8.00. The Kier molecular flexibility index (Phi) is 5.96. The third-order valence-electron chi connectivity index (χ3n) is 3.71. The molecule has 0 unspecified atom stereocenters. The highest BCUT2D eigenvalue weighted by Gasteiger charge is 2.30. The van der Waals surface area contributed by atoms with Gasteiger partial charge in [-0.15, -0.1) is 0 Å². The third kappa shape index (κ3) is 5.88. The molecular formula is C15H21F3N2S. The number of aryl methyl sites for hydroxylation is 1. The van der Waals surface area contributed by atoms with Gasteiger partial charge in [-0.3, -0.25) is 0 Å². The molecule has 1 fully saturated rings. The van der Waals surface area contributed by atoms with Gasteiger partial charge in [0, 0.05) is 31.1 Å². The molecule has 0 amide bonds. The zero-order chi connectivity index (χ0) is 15.3. The van der Waals surface area contributed by atoms with E-state index in [4.69, 9.17) is 0 Å². The summed E-state index contributed by atoms with van der Waals surface area (Å²) in [5.41, 5.74) is -3.41. The Labute approximate surface area is 128 Å². The fourth-order valence-electron chi connectivity index (χ4n) is 2.50. The van der Waals surface area contributed by atoms with Crippen LogP contribution in [0.2, 0.25) is 0 Å². The fourth-order valence-corrected chi connectivity index (χ4v) is 3.20. The fraction of sp³-hybridized carbons (Fsp3) is 0.600. The number of thioether (sulfide) groups is 1. The van der Waals surface area contributed by atoms with Crippen molar-refractivity contribution in [2.75, 3.05) is 39.8 Å². The van der Waals surface area contributed by atoms with Crippen LogP contribution in [0.4, 0.5) is 13.2 Å². The average molecular weight is 318 g/mol. The standard InChI is InChI=1S/C15H21F3N2S/c1-19-9-11-20(12-10-19)8-4-6-13-5-2-3-7-14(13)21-15(16,17)18/h2-3,5,7H,4,6,8-12H2,1H3. The van der Waals surface area contributed by atoms with Crippen LogP contribution >= 0.6 is 11.8 Å². The first-order valence-electron chi connectivity index (χ1n) is 7.18. The molecule has 6 heteroatoms. The van der Waals surface area contributed by atoms with Crippen LogP contribution in [-0.4, -0.2) is 55.1 Å². The Balaban J connectivity index is 1.83. The van der Waals surface area contributed by atoms with Crippen molar-refractivity contribution in [1.82, 2.24) is 9.80 Å². The average Bonchev–Trinajstić information content (AvgIpc) is 2.41. The number of halogens is 3. The van der Waals surface area contributed by atoms with Gasteiger partial charge in [0.2, 0.25) is 0 Å². The minimum Gasteiger partial charge on any atom is -0.304 e. The second-order valence-corrected chi connectivity index (χ2v) is 6.51. The summed E-state index contributed by atoms with van der Waals surface area (Å²) in [7, 11) is 2.11. The van der Waals surface area contributed by atoms with E-state index in [1.165, 1.54) is 0 Å². The molecule has 2 nitrogen and oxygen atoms in total. The van der Waals surface area contributed by atoms with Crippen LogP contribution in [0.15, 0.2) is 29.2 Å². The lowest BCUT2D eigenvalue weighted by molar-refractivity contribution is -0.0328. The summed E-state index contributed by atoms with van der Waals surface area (Å²) < 4.78 is 37.6. The first-order chi connectivity index (χ1) is 9.94. The maximum Gasteiger partial charge on any atom is 0.446 e. The number of benzene rings is 1. The van der Waals surface area contributed by atoms with Crippen LogP contribution < -0.4 is 0 Å². The van der Waals surface area contributed by atoms with Crippen molar-refractivity contribution in [3.05, 3.63) is 29.8 Å². The molecule has 0 bridgehead atoms. The quantitative estimate of drug-likeness (QED) is 0.768. The normalized spacial score (nSPS) is 18.1. The highest BCUT2D eigenvalue weighted by Crippen LogP contribution is 2.38. The van der Waals surface area contributed by atoms with Gasteiger partial charge in [0.25, 0.3) is 0 Å². The van der Waals surface area contributed by atoms with Gasteiger partial charge in [0.15, 0.2) is 0 Å². The summed E-state index contributed by atoms with van der Waals surface area (Å²) in [5.74, 6) is 0. The van der Waals surface area contributed by atoms with Gasteiger partial charge in [-0.2, -0.15) is 13.2 Å². The van der Waals surface area contributed by atoms with Gasteiger partial charge in [-0.25, -0.2) is 0 Å². The van der Waals surface area contributed by atoms with Crippen LogP contribution in [0, 0.1) is 0 Å². The molecule has 0 spiro atoms. The molecule has 1 aliphatic rings. The smallest absolute Gasteiger partial charge is 0.304 e. The summed E-state index contributed by atoms with van der Waals surface area (Å²) in [6.07, 6.45) is 1.60. The first kappa shape index (κ1) is 16.6. The molecule has 0 aliphatic carbocycles. The van der Waals surface area contributed by atoms with Gasteiger partial charge >= 0.3 is 5.51 Å². The third-order valence-corrected chi connectivity index (χ3v) is 4.56. The zero-order valence-corrected chi connectivity index (χ0v) is 13.0. The predicted molar refractivity (Wildman–Crippen MR) is 80.6 cm³/mol. The Bertz CT molecular complexity index is 443. The van der Waals surface area contributed by atoms with E-state index in [0.29, 0.717) is 11.3 Å². The molecule has 1 aliphatic heterocycles. The number of rotatable bonds is 5. The first-order valence-corrected chi connectivity index (χ1v) is 8.00. The van der Waals surface area contributed by atoms with Gasteiger partial charge < -0.3 is 9.80 Å². The Morgan fingerprint density at radius 2 is 1.76 bits per heavy atom. The van der Waals surface area contributed by atoms with E-state index in [1.807, 2.05) is 6.07 Å². The molecule has 0 atom stereocenters. The summed E-state index contributed by atoms with van der Waals surface area (Å²) in [5, 5.41) is 0. The maximum atomic E-state index is 12.5. The van der Waals surface area contributed by atoms with E-state index in [2.05, 4.69) is 16.8 Å². The van der Waals surface area contributed by atoms with E-state index in [1.54, 1.807) is 18.2 Å². The Morgan fingerprint density at radius 3 is 2.43 bits per heavy atom. The Morgan fingerprint density at radius 1 is 1.10 bits per heavy atom. The van der Waals surface area contributed by atoms with Crippen LogP contribution in [0.1, 0.15) is 12.0 Å². The van der Waals surface area contributed by atoms with Gasteiger partial charge in [-0.1, -0.05) is 18.2 Å². The summed E-state index contributed by atoms with van der Waals surface area (Å²) in [6.45, 7) is 5.20. The topological polar surface area (TPSA) is 6.48 Å². The molecule has 0 aromatic heterocycles. The highest BCUT2D eigenvalue weighted by atomic mass is 32.2. The largest absolute Gasteiger partial charge is 0.446 e. The number of likely N-dealkylation sites (N-methyl/N-ethyl adjacent to an activating group) is 1. The van der Waals surface area contributed by atoms with Crippen molar-refractivity contribution >= 4 is 11.8 Å². The lowest BCUT2D eigenvalue weighted by Crippen LogP contribution is -2.44. The van der Waals surface area contributed by atoms with Crippen LogP contribution in [-0.2, 0) is 6.42 Å². The number of piperazine rings is 1. The SMILES string of the molecule is CN1CCN(CCCc2ccccc2SC(F)(F)F)CC1. The molecule has 1 aromatic rings. The molecule has 1 saturated heterocycles. The molecule has 118 valence electrons. The zero-order valence-electron chi connectivity index (χ0n) is 12.2. The molecule has 21 heavy (non-hydrogen) atoms. The van der Waals surface area contributed by atoms with E-state index in [-0.39, 0.29) is 11.8 Å². The van der Waals surface area contributed by atoms with Crippen molar-refractivity contribution in [2.45, 2.75) is 23.2 Å². The van der Waals surface area contributed by atoms with Crippen molar-refractivity contribution < 1.29 is 13.2 Å². The van der Waals surface area contributed by atoms with Crippen molar-refractivity contribution in [2.24, 2.45) is 0 Å². The monoisotopic (exact) mass is 318 g/mol. The number of hydrogen-bond donors (Lipinski definition) is 0. The minimum atomic E-state index is -4.21. The predicted octanol–water partition coefficient (Wildman–Crippen LogP) is 3.48. The molecule has 0 radical (unpaired) electrons. The second-order valence-electron chi connectivity index (χ2n) is 5.40. The van der Waals surface area contributed by atoms with Gasteiger partial charge in [-0.05, 0) is 49.8 Å². The van der Waals surface area contributed by atoms with Crippen molar-refractivity contribution in [3.8, 4) is 0 Å². The van der Waals surface area contributed by atoms with E-state index in [9.17, 15) is 13.2 Å². The molecule has 1 heterocycles. The van der Waals surface area contributed by atoms with Crippen molar-refractivity contribution in [1.29, 1.82) is 0 Å². The molecule has 0 saturated carbocycles. The minimum absolute atomic E-state index is 0.00659. The lowest BCUT2D eigenvalue weighted by Gasteiger charge is -2.32. The molecule has 1 aromatic carbocycles. The number of hydrogen-bond acceptors (Lipinski definition) is 3. The summed E-state index contributed by atoms with van der Waals surface area (Å²) in [4.78, 5) is 5.02. The van der Waals surface area contributed by atoms with Gasteiger partial charge in [0.1, 0.15) is 0 Å². The molecule has 0 N–H and O–H groups in total. The van der Waals surface area contributed by atoms with Crippen molar-refractivity contribution in [3.63, 3.8) is 0 Å². The number of nitrogens with zero attached hydrogens (tertiary/aromatic N) is 2. The molecular weight excluding hydrogens is 297 g/mol. The van der Waals surface area contributed by atoms with E-state index in [0.717, 1.165) is 44.7 Å². The van der Waals surface area contributed by atoms with Crippen LogP contribution in [0.5, 0.6) is 0 Å². The maximum absolute atomic E-state index is 12.5. The summed E-state index contributed by atoms with van der Waals surface area (Å²) >= 11 is -0.00659. The summed E-state index contributed by atoms with van der Waals surface area (Å²) in [6, 6.07) is 6.84. The van der Waals surface area contributed by atoms with Crippen LogP contribution in [0.3, 0.4) is 0 Å². The van der Waals surface area contributed by atoms with E-state index < -0.39 is 5.51 Å². The Hall–Kier alpha value is -0.720. The second kappa shape index (κ2) is 7.51. The molecule has 2 rings (SSSR count). The van der Waals surface area contributed by atoms with E-state index >= 15 is 0 Å². The lowest BCUT2D eigenvalue weighted by atomic mass is 10.1.